The molecule has 0 heterocycles. The summed E-state index contributed by atoms with van der Waals surface area (Å²) in [6.45, 7) is 5.97. The average molecular weight is 416 g/mol. The van der Waals surface area contributed by atoms with Gasteiger partial charge in [0.1, 0.15) is 6.04 Å². The first-order valence-corrected chi connectivity index (χ1v) is 10.4. The molecule has 1 atom stereocenters. The molecule has 0 radical (unpaired) electrons. The van der Waals surface area contributed by atoms with Gasteiger partial charge in [-0.05, 0) is 48.6 Å². The van der Waals surface area contributed by atoms with Crippen molar-refractivity contribution in [2.75, 3.05) is 7.11 Å². The molecule has 0 saturated carbocycles. The van der Waals surface area contributed by atoms with Crippen LogP contribution in [-0.2, 0) is 26.2 Å². The van der Waals surface area contributed by atoms with Gasteiger partial charge in [0.25, 0.3) is 0 Å². The van der Waals surface area contributed by atoms with Gasteiger partial charge >= 0.3 is 5.97 Å². The molecule has 0 spiro atoms. The van der Waals surface area contributed by atoms with Crippen LogP contribution in [0.4, 0.5) is 0 Å². The molecule has 1 N–H and O–H groups in total. The Bertz CT molecular complexity index is 1010. The molecule has 0 saturated heterocycles. The van der Waals surface area contributed by atoms with Crippen molar-refractivity contribution in [1.82, 2.24) is 5.32 Å². The molecule has 3 aromatic rings. The normalized spacial score (nSPS) is 12.1. The van der Waals surface area contributed by atoms with Crippen LogP contribution >= 0.6 is 0 Å². The van der Waals surface area contributed by atoms with Crippen molar-refractivity contribution >= 4 is 11.9 Å². The first-order chi connectivity index (χ1) is 14.9. The van der Waals surface area contributed by atoms with E-state index in [9.17, 15) is 9.59 Å². The van der Waals surface area contributed by atoms with Crippen LogP contribution < -0.4 is 5.32 Å². The number of aryl methyl sites for hydroxylation is 2. The fraction of sp³-hybridized carbons (Fsp3) is 0.259. The Morgan fingerprint density at radius 2 is 1.42 bits per heavy atom. The zero-order chi connectivity index (χ0) is 22.4. The second-order valence-corrected chi connectivity index (χ2v) is 8.03. The van der Waals surface area contributed by atoms with Gasteiger partial charge in [0, 0.05) is 6.42 Å². The average Bonchev–Trinajstić information content (AvgIpc) is 2.81. The summed E-state index contributed by atoms with van der Waals surface area (Å²) in [6.07, 6.45) is 0.360. The Morgan fingerprint density at radius 1 is 0.871 bits per heavy atom. The summed E-state index contributed by atoms with van der Waals surface area (Å²) < 4.78 is 5.01. The molecule has 4 nitrogen and oxygen atoms in total. The molecule has 160 valence electrons. The number of amides is 1. The minimum atomic E-state index is -0.960. The number of carbonyl (C=O) groups excluding carboxylic acids is 2. The summed E-state index contributed by atoms with van der Waals surface area (Å²) in [4.78, 5) is 26.3. The Hall–Kier alpha value is -3.40. The van der Waals surface area contributed by atoms with Gasteiger partial charge < -0.3 is 10.1 Å². The van der Waals surface area contributed by atoms with Crippen LogP contribution in [-0.4, -0.2) is 25.0 Å². The molecule has 0 aromatic heterocycles. The van der Waals surface area contributed by atoms with E-state index in [2.05, 4.69) is 5.32 Å². The molecule has 0 bridgehead atoms. The van der Waals surface area contributed by atoms with Crippen molar-refractivity contribution in [2.45, 2.75) is 38.6 Å². The van der Waals surface area contributed by atoms with Gasteiger partial charge in [0.05, 0.1) is 12.5 Å². The molecular formula is C27H29NO3. The summed E-state index contributed by atoms with van der Waals surface area (Å²) in [6, 6.07) is 24.5. The van der Waals surface area contributed by atoms with E-state index < -0.39 is 17.4 Å². The smallest absolute Gasteiger partial charge is 0.328 e. The first-order valence-electron chi connectivity index (χ1n) is 10.4. The highest BCUT2D eigenvalue weighted by Crippen LogP contribution is 2.32. The van der Waals surface area contributed by atoms with Gasteiger partial charge in [-0.15, -0.1) is 0 Å². The SMILES string of the molecule is COC(=O)[C@@H](Cc1ccc(C)c(C)c1)NC(=O)C(C)(c1ccccc1)c1ccccc1. The molecule has 31 heavy (non-hydrogen) atoms. The fourth-order valence-electron chi connectivity index (χ4n) is 3.78. The Balaban J connectivity index is 1.95. The van der Waals surface area contributed by atoms with Crippen LogP contribution in [0.1, 0.15) is 34.7 Å². The Labute approximate surface area is 184 Å². The quantitative estimate of drug-likeness (QED) is 0.578. The summed E-state index contributed by atoms with van der Waals surface area (Å²) in [5.41, 5.74) is 4.05. The highest BCUT2D eigenvalue weighted by atomic mass is 16.5. The van der Waals surface area contributed by atoms with E-state index in [-0.39, 0.29) is 5.91 Å². The van der Waals surface area contributed by atoms with E-state index in [0.29, 0.717) is 6.42 Å². The summed E-state index contributed by atoms with van der Waals surface area (Å²) >= 11 is 0. The maximum absolute atomic E-state index is 13.7. The predicted octanol–water partition coefficient (Wildman–Crippen LogP) is 4.51. The number of methoxy groups -OCH3 is 1. The molecule has 0 fully saturated rings. The van der Waals surface area contributed by atoms with Crippen molar-refractivity contribution < 1.29 is 14.3 Å². The number of benzene rings is 3. The van der Waals surface area contributed by atoms with Gasteiger partial charge in [0.15, 0.2) is 0 Å². The number of esters is 1. The van der Waals surface area contributed by atoms with Crippen molar-refractivity contribution in [3.63, 3.8) is 0 Å². The third-order valence-corrected chi connectivity index (χ3v) is 5.96. The lowest BCUT2D eigenvalue weighted by molar-refractivity contribution is -0.145. The molecule has 4 heteroatoms. The van der Waals surface area contributed by atoms with Crippen LogP contribution in [0.2, 0.25) is 0 Å². The van der Waals surface area contributed by atoms with E-state index in [1.54, 1.807) is 0 Å². The zero-order valence-corrected chi connectivity index (χ0v) is 18.5. The number of carbonyl (C=O) groups is 2. The largest absolute Gasteiger partial charge is 0.467 e. The van der Waals surface area contributed by atoms with Crippen LogP contribution in [0.25, 0.3) is 0 Å². The van der Waals surface area contributed by atoms with Crippen LogP contribution in [0.5, 0.6) is 0 Å². The maximum Gasteiger partial charge on any atom is 0.328 e. The van der Waals surface area contributed by atoms with Gasteiger partial charge in [0.2, 0.25) is 5.91 Å². The lowest BCUT2D eigenvalue weighted by Crippen LogP contribution is -2.51. The highest BCUT2D eigenvalue weighted by Gasteiger charge is 2.39. The van der Waals surface area contributed by atoms with Crippen LogP contribution in [0.3, 0.4) is 0 Å². The van der Waals surface area contributed by atoms with Gasteiger partial charge in [-0.25, -0.2) is 4.79 Å². The van der Waals surface area contributed by atoms with E-state index in [1.165, 1.54) is 12.7 Å². The van der Waals surface area contributed by atoms with Crippen molar-refractivity contribution in [3.05, 3.63) is 107 Å². The number of ether oxygens (including phenoxy) is 1. The van der Waals surface area contributed by atoms with Crippen molar-refractivity contribution in [3.8, 4) is 0 Å². The lowest BCUT2D eigenvalue weighted by atomic mass is 9.75. The van der Waals surface area contributed by atoms with E-state index >= 15 is 0 Å². The number of hydrogen-bond donors (Lipinski definition) is 1. The minimum Gasteiger partial charge on any atom is -0.467 e. The van der Waals surface area contributed by atoms with E-state index in [4.69, 9.17) is 4.74 Å². The Morgan fingerprint density at radius 3 is 1.90 bits per heavy atom. The molecule has 0 aliphatic rings. The van der Waals surface area contributed by atoms with Gasteiger partial charge in [-0.2, -0.15) is 0 Å². The topological polar surface area (TPSA) is 55.4 Å². The molecule has 3 aromatic carbocycles. The Kier molecular flexibility index (Phi) is 6.91. The van der Waals surface area contributed by atoms with Gasteiger partial charge in [-0.1, -0.05) is 78.9 Å². The van der Waals surface area contributed by atoms with E-state index in [0.717, 1.165) is 22.3 Å². The third kappa shape index (κ3) is 4.85. The summed E-state index contributed by atoms with van der Waals surface area (Å²) in [7, 11) is 1.34. The molecular weight excluding hydrogens is 386 g/mol. The number of nitrogens with one attached hydrogen (secondary N) is 1. The zero-order valence-electron chi connectivity index (χ0n) is 18.5. The third-order valence-electron chi connectivity index (χ3n) is 5.96. The minimum absolute atomic E-state index is 0.246. The van der Waals surface area contributed by atoms with Crippen molar-refractivity contribution in [1.29, 1.82) is 0 Å². The molecule has 0 aliphatic heterocycles. The van der Waals surface area contributed by atoms with Gasteiger partial charge in [-0.3, -0.25) is 4.79 Å². The van der Waals surface area contributed by atoms with Crippen LogP contribution in [0, 0.1) is 13.8 Å². The van der Waals surface area contributed by atoms with E-state index in [1.807, 2.05) is 99.6 Å². The molecule has 0 aliphatic carbocycles. The summed E-state index contributed by atoms with van der Waals surface area (Å²) in [5, 5.41) is 2.97. The maximum atomic E-state index is 13.7. The summed E-state index contributed by atoms with van der Waals surface area (Å²) in [5.74, 6) is -0.709. The fourth-order valence-corrected chi connectivity index (χ4v) is 3.78. The standard InChI is InChI=1S/C27H29NO3/c1-19-15-16-21(17-20(19)2)18-24(25(29)31-4)28-26(30)27(3,22-11-7-5-8-12-22)23-13-9-6-10-14-23/h5-17,24H,18H2,1-4H3,(H,28,30)/t24-/m1/s1. The second-order valence-electron chi connectivity index (χ2n) is 8.03. The molecule has 3 rings (SSSR count). The number of rotatable bonds is 7. The predicted molar refractivity (Wildman–Crippen MR) is 123 cm³/mol. The van der Waals surface area contributed by atoms with Crippen molar-refractivity contribution in [2.24, 2.45) is 0 Å². The molecule has 1 amide bonds. The first kappa shape index (κ1) is 22.3. The van der Waals surface area contributed by atoms with Crippen LogP contribution in [0.15, 0.2) is 78.9 Å². The highest BCUT2D eigenvalue weighted by molar-refractivity contribution is 5.94. The second kappa shape index (κ2) is 9.61. The number of hydrogen-bond acceptors (Lipinski definition) is 3. The monoisotopic (exact) mass is 415 g/mol. The molecule has 0 unspecified atom stereocenters. The lowest BCUT2D eigenvalue weighted by Gasteiger charge is -2.31.